The minimum atomic E-state index is -0.786. The van der Waals surface area contributed by atoms with Crippen molar-refractivity contribution >= 4 is 23.5 Å². The standard InChI is InChI=1S/C19H26ClN3O3/c20-16-6-4-15(5-7-16)19(26)8-13-22(14-9-19)11-2-10-21-18(25)23-12-1-3-17(23)24/h4-7,26H,1-3,8-14H2,(H,21,25). The quantitative estimate of drug-likeness (QED) is 0.770. The number of nitrogens with one attached hydrogen (secondary N) is 1. The van der Waals surface area contributed by atoms with E-state index in [-0.39, 0.29) is 11.9 Å². The monoisotopic (exact) mass is 379 g/mol. The van der Waals surface area contributed by atoms with E-state index in [1.807, 2.05) is 24.3 Å². The minimum Gasteiger partial charge on any atom is -0.385 e. The molecule has 2 fully saturated rings. The van der Waals surface area contributed by atoms with Crippen molar-refractivity contribution in [1.29, 1.82) is 0 Å². The van der Waals surface area contributed by atoms with E-state index in [1.165, 1.54) is 4.90 Å². The Morgan fingerprint density at radius 3 is 2.50 bits per heavy atom. The molecule has 0 aliphatic carbocycles. The number of carbonyl (C=O) groups is 2. The van der Waals surface area contributed by atoms with E-state index in [2.05, 4.69) is 10.2 Å². The van der Waals surface area contributed by atoms with Gasteiger partial charge >= 0.3 is 6.03 Å². The number of imide groups is 1. The number of aliphatic hydroxyl groups is 1. The molecule has 0 bridgehead atoms. The van der Waals surface area contributed by atoms with E-state index in [1.54, 1.807) is 0 Å². The Bertz CT molecular complexity index is 642. The molecule has 142 valence electrons. The Kier molecular flexibility index (Phi) is 6.16. The van der Waals surface area contributed by atoms with Crippen LogP contribution in [0.1, 0.15) is 37.7 Å². The van der Waals surface area contributed by atoms with Crippen molar-refractivity contribution in [3.8, 4) is 0 Å². The number of halogens is 1. The largest absolute Gasteiger partial charge is 0.385 e. The summed E-state index contributed by atoms with van der Waals surface area (Å²) in [6.45, 7) is 3.58. The van der Waals surface area contributed by atoms with E-state index in [0.29, 0.717) is 37.4 Å². The predicted molar refractivity (Wildman–Crippen MR) is 100.0 cm³/mol. The number of rotatable bonds is 5. The van der Waals surface area contributed by atoms with E-state index < -0.39 is 5.60 Å². The van der Waals surface area contributed by atoms with Gasteiger partial charge in [-0.25, -0.2) is 4.79 Å². The maximum atomic E-state index is 11.9. The van der Waals surface area contributed by atoms with E-state index in [9.17, 15) is 14.7 Å². The molecule has 2 N–H and O–H groups in total. The van der Waals surface area contributed by atoms with Crippen LogP contribution in [0.25, 0.3) is 0 Å². The van der Waals surface area contributed by atoms with Gasteiger partial charge in [0, 0.05) is 37.6 Å². The lowest BCUT2D eigenvalue weighted by atomic mass is 9.84. The summed E-state index contributed by atoms with van der Waals surface area (Å²) in [5, 5.41) is 14.4. The van der Waals surface area contributed by atoms with Gasteiger partial charge in [0.25, 0.3) is 0 Å². The molecule has 1 aromatic rings. The summed E-state index contributed by atoms with van der Waals surface area (Å²) >= 11 is 5.92. The summed E-state index contributed by atoms with van der Waals surface area (Å²) in [5.41, 5.74) is 0.134. The van der Waals surface area contributed by atoms with Gasteiger partial charge in [-0.05, 0) is 49.9 Å². The molecule has 1 aromatic carbocycles. The first-order valence-electron chi connectivity index (χ1n) is 9.27. The van der Waals surface area contributed by atoms with E-state index in [0.717, 1.165) is 38.0 Å². The number of amides is 3. The van der Waals surface area contributed by atoms with Crippen LogP contribution in [0.3, 0.4) is 0 Å². The summed E-state index contributed by atoms with van der Waals surface area (Å²) in [5.74, 6) is -0.0833. The number of benzene rings is 1. The number of urea groups is 1. The Hall–Kier alpha value is -1.63. The van der Waals surface area contributed by atoms with Crippen LogP contribution < -0.4 is 5.32 Å². The molecule has 6 nitrogen and oxygen atoms in total. The highest BCUT2D eigenvalue weighted by atomic mass is 35.5. The molecule has 3 rings (SSSR count). The van der Waals surface area contributed by atoms with Crippen molar-refractivity contribution in [2.75, 3.05) is 32.7 Å². The third-order valence-corrected chi connectivity index (χ3v) is 5.56. The lowest BCUT2D eigenvalue weighted by Crippen LogP contribution is -2.44. The summed E-state index contributed by atoms with van der Waals surface area (Å²) in [4.78, 5) is 27.0. The van der Waals surface area contributed by atoms with Crippen LogP contribution in [0.2, 0.25) is 5.02 Å². The van der Waals surface area contributed by atoms with Crippen LogP contribution in [0, 0.1) is 0 Å². The average Bonchev–Trinajstić information content (AvgIpc) is 3.07. The Morgan fingerprint density at radius 1 is 1.19 bits per heavy atom. The molecule has 0 radical (unpaired) electrons. The maximum absolute atomic E-state index is 11.9. The van der Waals surface area contributed by atoms with Crippen LogP contribution >= 0.6 is 11.6 Å². The first-order valence-corrected chi connectivity index (χ1v) is 9.65. The fourth-order valence-electron chi connectivity index (χ4n) is 3.65. The summed E-state index contributed by atoms with van der Waals surface area (Å²) in [6, 6.07) is 7.15. The van der Waals surface area contributed by atoms with Gasteiger partial charge in [-0.1, -0.05) is 23.7 Å². The fraction of sp³-hybridized carbons (Fsp3) is 0.579. The average molecular weight is 380 g/mol. The van der Waals surface area contributed by atoms with Crippen LogP contribution in [0.15, 0.2) is 24.3 Å². The predicted octanol–water partition coefficient (Wildman–Crippen LogP) is 2.35. The molecule has 0 atom stereocenters. The number of piperidine rings is 1. The number of hydrogen-bond acceptors (Lipinski definition) is 4. The molecular formula is C19H26ClN3O3. The molecule has 7 heteroatoms. The van der Waals surface area contributed by atoms with E-state index in [4.69, 9.17) is 11.6 Å². The summed E-state index contributed by atoms with van der Waals surface area (Å²) in [7, 11) is 0. The van der Waals surface area contributed by atoms with Crippen molar-refractivity contribution in [3.05, 3.63) is 34.9 Å². The van der Waals surface area contributed by atoms with Gasteiger partial charge in [0.2, 0.25) is 5.91 Å². The zero-order valence-electron chi connectivity index (χ0n) is 14.9. The highest BCUT2D eigenvalue weighted by Gasteiger charge is 2.33. The number of carbonyl (C=O) groups excluding carboxylic acids is 2. The maximum Gasteiger partial charge on any atom is 0.324 e. The Morgan fingerprint density at radius 2 is 1.88 bits per heavy atom. The molecule has 0 spiro atoms. The Labute approximate surface area is 159 Å². The van der Waals surface area contributed by atoms with Crippen molar-refractivity contribution in [1.82, 2.24) is 15.1 Å². The van der Waals surface area contributed by atoms with Crippen LogP contribution in [0.4, 0.5) is 4.79 Å². The highest BCUT2D eigenvalue weighted by Crippen LogP contribution is 2.33. The third kappa shape index (κ3) is 4.55. The van der Waals surface area contributed by atoms with E-state index >= 15 is 0 Å². The summed E-state index contributed by atoms with van der Waals surface area (Å²) in [6.07, 6.45) is 3.42. The molecule has 2 saturated heterocycles. The second-order valence-corrected chi connectivity index (χ2v) is 7.55. The van der Waals surface area contributed by atoms with Gasteiger partial charge in [0.05, 0.1) is 5.60 Å². The molecule has 26 heavy (non-hydrogen) atoms. The van der Waals surface area contributed by atoms with Crippen LogP contribution in [0.5, 0.6) is 0 Å². The topological polar surface area (TPSA) is 72.9 Å². The van der Waals surface area contributed by atoms with Gasteiger partial charge in [0.1, 0.15) is 0 Å². The second kappa shape index (κ2) is 8.37. The smallest absolute Gasteiger partial charge is 0.324 e. The van der Waals surface area contributed by atoms with Crippen molar-refractivity contribution < 1.29 is 14.7 Å². The Balaban J connectivity index is 1.37. The molecule has 0 aromatic heterocycles. The van der Waals surface area contributed by atoms with Gasteiger partial charge in [0.15, 0.2) is 0 Å². The highest BCUT2D eigenvalue weighted by molar-refractivity contribution is 6.30. The van der Waals surface area contributed by atoms with Gasteiger partial charge < -0.3 is 15.3 Å². The zero-order chi connectivity index (χ0) is 18.6. The van der Waals surface area contributed by atoms with Crippen molar-refractivity contribution in [2.45, 2.75) is 37.7 Å². The van der Waals surface area contributed by atoms with Gasteiger partial charge in [-0.2, -0.15) is 0 Å². The first-order chi connectivity index (χ1) is 12.5. The second-order valence-electron chi connectivity index (χ2n) is 7.11. The minimum absolute atomic E-state index is 0.0833. The lowest BCUT2D eigenvalue weighted by Gasteiger charge is -2.38. The van der Waals surface area contributed by atoms with Gasteiger partial charge in [-0.15, -0.1) is 0 Å². The fourth-order valence-corrected chi connectivity index (χ4v) is 3.78. The number of likely N-dealkylation sites (tertiary alicyclic amines) is 2. The van der Waals surface area contributed by atoms with Crippen LogP contribution in [-0.2, 0) is 10.4 Å². The zero-order valence-corrected chi connectivity index (χ0v) is 15.7. The molecule has 2 heterocycles. The first kappa shape index (κ1) is 19.1. The molecule has 0 saturated carbocycles. The number of nitrogens with zero attached hydrogens (tertiary/aromatic N) is 2. The molecule has 2 aliphatic heterocycles. The number of hydrogen-bond donors (Lipinski definition) is 2. The molecule has 3 amide bonds. The van der Waals surface area contributed by atoms with Crippen molar-refractivity contribution in [2.24, 2.45) is 0 Å². The van der Waals surface area contributed by atoms with Crippen LogP contribution in [-0.4, -0.2) is 59.6 Å². The summed E-state index contributed by atoms with van der Waals surface area (Å²) < 4.78 is 0. The van der Waals surface area contributed by atoms with Gasteiger partial charge in [-0.3, -0.25) is 9.69 Å². The molecular weight excluding hydrogens is 354 g/mol. The third-order valence-electron chi connectivity index (χ3n) is 5.31. The van der Waals surface area contributed by atoms with Crippen molar-refractivity contribution in [3.63, 3.8) is 0 Å². The molecule has 2 aliphatic rings. The normalized spacial score (nSPS) is 20.4. The SMILES string of the molecule is O=C1CCCN1C(=O)NCCCN1CCC(O)(c2ccc(Cl)cc2)CC1. The lowest BCUT2D eigenvalue weighted by molar-refractivity contribution is -0.125. The molecule has 0 unspecified atom stereocenters.